The molecular formula is C16H22N4O. The first-order valence-electron chi connectivity index (χ1n) is 7.46. The second kappa shape index (κ2) is 7.77. The maximum Gasteiger partial charge on any atom is 0.225 e. The zero-order valence-electron chi connectivity index (χ0n) is 12.5. The predicted molar refractivity (Wildman–Crippen MR) is 83.0 cm³/mol. The number of benzene rings is 1. The van der Waals surface area contributed by atoms with Gasteiger partial charge in [0.15, 0.2) is 0 Å². The smallest absolute Gasteiger partial charge is 0.225 e. The van der Waals surface area contributed by atoms with Crippen LogP contribution in [0.1, 0.15) is 18.9 Å². The van der Waals surface area contributed by atoms with Gasteiger partial charge in [-0.3, -0.25) is 4.79 Å². The highest BCUT2D eigenvalue weighted by atomic mass is 16.1. The van der Waals surface area contributed by atoms with E-state index in [1.807, 2.05) is 6.07 Å². The number of likely N-dealkylation sites (N-methyl/N-ethyl adjacent to an activating group) is 1. The summed E-state index contributed by atoms with van der Waals surface area (Å²) in [6.07, 6.45) is 0.464. The van der Waals surface area contributed by atoms with Crippen LogP contribution >= 0.6 is 0 Å². The number of carbonyl (C=O) groups excluding carboxylic acids is 1. The van der Waals surface area contributed by atoms with Crippen LogP contribution in [-0.4, -0.2) is 55.0 Å². The molecule has 0 atom stereocenters. The van der Waals surface area contributed by atoms with E-state index >= 15 is 0 Å². The lowest BCUT2D eigenvalue weighted by atomic mass is 10.2. The van der Waals surface area contributed by atoms with Gasteiger partial charge in [-0.05, 0) is 18.7 Å². The molecule has 112 valence electrons. The van der Waals surface area contributed by atoms with Gasteiger partial charge < -0.3 is 15.1 Å². The molecule has 1 fully saturated rings. The van der Waals surface area contributed by atoms with E-state index in [2.05, 4.69) is 28.1 Å². The van der Waals surface area contributed by atoms with Gasteiger partial charge in [0.05, 0.1) is 11.3 Å². The van der Waals surface area contributed by atoms with Crippen LogP contribution in [0.15, 0.2) is 24.3 Å². The van der Waals surface area contributed by atoms with Gasteiger partial charge in [-0.1, -0.05) is 19.1 Å². The van der Waals surface area contributed by atoms with E-state index in [1.165, 1.54) is 0 Å². The summed E-state index contributed by atoms with van der Waals surface area (Å²) >= 11 is 0. The summed E-state index contributed by atoms with van der Waals surface area (Å²) in [6.45, 7) is 8.25. The predicted octanol–water partition coefficient (Wildman–Crippen LogP) is 1.52. The number of piperazine rings is 1. The van der Waals surface area contributed by atoms with Crippen molar-refractivity contribution in [1.82, 2.24) is 9.80 Å². The largest absolute Gasteiger partial charge is 0.325 e. The fourth-order valence-corrected chi connectivity index (χ4v) is 2.49. The average molecular weight is 286 g/mol. The van der Waals surface area contributed by atoms with Crippen molar-refractivity contribution < 1.29 is 4.79 Å². The third-order valence-corrected chi connectivity index (χ3v) is 3.89. The standard InChI is InChI=1S/C16H22N4O/c1-2-19-9-11-20(12-10-19)8-7-16(21)18-15-6-4-3-5-14(15)13-17/h3-6H,2,7-12H2,1H3,(H,18,21). The molecule has 1 aromatic carbocycles. The molecule has 1 amide bonds. The molecule has 0 aromatic heterocycles. The van der Waals surface area contributed by atoms with Crippen molar-refractivity contribution in [3.05, 3.63) is 29.8 Å². The van der Waals surface area contributed by atoms with Crippen LogP contribution in [0.2, 0.25) is 0 Å². The highest BCUT2D eigenvalue weighted by molar-refractivity contribution is 5.92. The Morgan fingerprint density at radius 1 is 1.24 bits per heavy atom. The fourth-order valence-electron chi connectivity index (χ4n) is 2.49. The Morgan fingerprint density at radius 3 is 2.57 bits per heavy atom. The molecule has 21 heavy (non-hydrogen) atoms. The zero-order valence-corrected chi connectivity index (χ0v) is 12.5. The lowest BCUT2D eigenvalue weighted by molar-refractivity contribution is -0.116. The molecule has 1 aliphatic rings. The van der Waals surface area contributed by atoms with Crippen LogP contribution in [0.25, 0.3) is 0 Å². The van der Waals surface area contributed by atoms with Crippen molar-refractivity contribution in [2.75, 3.05) is 44.6 Å². The number of nitriles is 1. The Hall–Kier alpha value is -1.90. The first-order chi connectivity index (χ1) is 10.2. The van der Waals surface area contributed by atoms with Gasteiger partial charge in [0.1, 0.15) is 6.07 Å². The number of carbonyl (C=O) groups is 1. The Bertz CT molecular complexity index is 515. The summed E-state index contributed by atoms with van der Waals surface area (Å²) in [4.78, 5) is 16.7. The minimum Gasteiger partial charge on any atom is -0.325 e. The quantitative estimate of drug-likeness (QED) is 0.891. The number of rotatable bonds is 5. The molecule has 0 unspecified atom stereocenters. The van der Waals surface area contributed by atoms with E-state index < -0.39 is 0 Å². The molecule has 0 radical (unpaired) electrons. The molecule has 2 rings (SSSR count). The minimum absolute atomic E-state index is 0.0318. The first-order valence-corrected chi connectivity index (χ1v) is 7.46. The van der Waals surface area contributed by atoms with Crippen LogP contribution in [0.3, 0.4) is 0 Å². The van der Waals surface area contributed by atoms with E-state index in [0.29, 0.717) is 17.7 Å². The van der Waals surface area contributed by atoms with Crippen LogP contribution < -0.4 is 5.32 Å². The summed E-state index contributed by atoms with van der Waals surface area (Å²) in [5.41, 5.74) is 1.10. The van der Waals surface area contributed by atoms with Crippen molar-refractivity contribution in [1.29, 1.82) is 5.26 Å². The topological polar surface area (TPSA) is 59.4 Å². The Labute approximate surface area is 126 Å². The van der Waals surface area contributed by atoms with E-state index in [9.17, 15) is 4.79 Å². The van der Waals surface area contributed by atoms with E-state index in [0.717, 1.165) is 39.3 Å². The highest BCUT2D eigenvalue weighted by Gasteiger charge is 2.16. The van der Waals surface area contributed by atoms with Crippen LogP contribution in [0.4, 0.5) is 5.69 Å². The summed E-state index contributed by atoms with van der Waals surface area (Å²) < 4.78 is 0. The number of nitrogens with one attached hydrogen (secondary N) is 1. The van der Waals surface area contributed by atoms with Gasteiger partial charge in [-0.15, -0.1) is 0 Å². The number of amides is 1. The molecule has 0 aliphatic carbocycles. The van der Waals surface area contributed by atoms with Crippen LogP contribution in [0, 0.1) is 11.3 Å². The highest BCUT2D eigenvalue weighted by Crippen LogP contribution is 2.13. The molecule has 0 bridgehead atoms. The summed E-state index contributed by atoms with van der Waals surface area (Å²) in [7, 11) is 0. The van der Waals surface area contributed by atoms with Crippen molar-refractivity contribution in [3.8, 4) is 6.07 Å². The van der Waals surface area contributed by atoms with Gasteiger partial charge in [0, 0.05) is 39.1 Å². The van der Waals surface area contributed by atoms with Gasteiger partial charge in [-0.25, -0.2) is 0 Å². The minimum atomic E-state index is -0.0318. The van der Waals surface area contributed by atoms with Gasteiger partial charge in [0.2, 0.25) is 5.91 Å². The molecule has 0 saturated carbocycles. The molecule has 1 heterocycles. The SMILES string of the molecule is CCN1CCN(CCC(=O)Nc2ccccc2C#N)CC1. The van der Waals surface area contributed by atoms with Gasteiger partial charge >= 0.3 is 0 Å². The maximum absolute atomic E-state index is 12.0. The molecule has 1 aliphatic heterocycles. The van der Waals surface area contributed by atoms with E-state index in [4.69, 9.17) is 5.26 Å². The zero-order chi connectivity index (χ0) is 15.1. The normalized spacial score (nSPS) is 16.4. The van der Waals surface area contributed by atoms with Crippen molar-refractivity contribution in [3.63, 3.8) is 0 Å². The summed E-state index contributed by atoms with van der Waals surface area (Å²) in [5.74, 6) is -0.0318. The van der Waals surface area contributed by atoms with Crippen molar-refractivity contribution >= 4 is 11.6 Å². The monoisotopic (exact) mass is 286 g/mol. The molecule has 5 heteroatoms. The summed E-state index contributed by atoms with van der Waals surface area (Å²) in [6, 6.07) is 9.17. The van der Waals surface area contributed by atoms with Crippen molar-refractivity contribution in [2.24, 2.45) is 0 Å². The van der Waals surface area contributed by atoms with Gasteiger partial charge in [-0.2, -0.15) is 5.26 Å². The van der Waals surface area contributed by atoms with Crippen LogP contribution in [0.5, 0.6) is 0 Å². The number of hydrogen-bond donors (Lipinski definition) is 1. The number of anilines is 1. The Kier molecular flexibility index (Phi) is 5.73. The number of nitrogens with zero attached hydrogens (tertiary/aromatic N) is 3. The van der Waals surface area contributed by atoms with E-state index in [-0.39, 0.29) is 5.91 Å². The molecule has 1 N–H and O–H groups in total. The second-order valence-corrected chi connectivity index (χ2v) is 5.23. The molecule has 1 aromatic rings. The average Bonchev–Trinajstić information content (AvgIpc) is 2.54. The Balaban J connectivity index is 1.77. The van der Waals surface area contributed by atoms with Crippen molar-refractivity contribution in [2.45, 2.75) is 13.3 Å². The third-order valence-electron chi connectivity index (χ3n) is 3.89. The molecular weight excluding hydrogens is 264 g/mol. The Morgan fingerprint density at radius 2 is 1.90 bits per heavy atom. The number of para-hydroxylation sites is 1. The maximum atomic E-state index is 12.0. The van der Waals surface area contributed by atoms with Crippen LogP contribution in [-0.2, 0) is 4.79 Å². The van der Waals surface area contributed by atoms with E-state index in [1.54, 1.807) is 18.2 Å². The molecule has 0 spiro atoms. The summed E-state index contributed by atoms with van der Waals surface area (Å²) in [5, 5.41) is 11.8. The molecule has 1 saturated heterocycles. The third kappa shape index (κ3) is 4.55. The first kappa shape index (κ1) is 15.5. The lowest BCUT2D eigenvalue weighted by Crippen LogP contribution is -2.46. The fraction of sp³-hybridized carbons (Fsp3) is 0.500. The number of hydrogen-bond acceptors (Lipinski definition) is 4. The van der Waals surface area contributed by atoms with Gasteiger partial charge in [0.25, 0.3) is 0 Å². The second-order valence-electron chi connectivity index (χ2n) is 5.23. The lowest BCUT2D eigenvalue weighted by Gasteiger charge is -2.33. The molecule has 5 nitrogen and oxygen atoms in total.